The minimum Gasteiger partial charge on any atom is -0.465 e. The third kappa shape index (κ3) is 2.08. The van der Waals surface area contributed by atoms with Crippen molar-refractivity contribution in [1.82, 2.24) is 0 Å². The van der Waals surface area contributed by atoms with Crippen LogP contribution < -0.4 is 0 Å². The minimum absolute atomic E-state index is 0.0721. The zero-order valence-corrected chi connectivity index (χ0v) is 10.4. The van der Waals surface area contributed by atoms with Crippen LogP contribution in [0.25, 0.3) is 10.1 Å². The van der Waals surface area contributed by atoms with Crippen LogP contribution in [0.5, 0.6) is 0 Å². The van der Waals surface area contributed by atoms with Crippen LogP contribution in [0.1, 0.15) is 20.8 Å². The number of hydrogen-bond donors (Lipinski definition) is 0. The van der Waals surface area contributed by atoms with E-state index in [1.807, 2.05) is 0 Å². The molecule has 0 atom stereocenters. The van der Waals surface area contributed by atoms with Crippen molar-refractivity contribution < 1.29 is 22.7 Å². The third-order valence-electron chi connectivity index (χ3n) is 2.57. The summed E-state index contributed by atoms with van der Waals surface area (Å²) < 4.78 is 43.5. The van der Waals surface area contributed by atoms with E-state index in [9.17, 15) is 18.0 Å². The fraction of sp³-hybridized carbons (Fsp3) is 0.250. The van der Waals surface area contributed by atoms with Gasteiger partial charge in [-0.2, -0.15) is 13.2 Å². The van der Waals surface area contributed by atoms with Crippen LogP contribution in [0.15, 0.2) is 18.2 Å². The maximum Gasteiger partial charge on any atom is 0.418 e. The maximum absolute atomic E-state index is 13.0. The van der Waals surface area contributed by atoms with Crippen molar-refractivity contribution in [3.05, 3.63) is 34.2 Å². The average Bonchev–Trinajstić information content (AvgIpc) is 2.69. The lowest BCUT2D eigenvalue weighted by Crippen LogP contribution is -2.07. The first-order valence-corrected chi connectivity index (χ1v) is 5.85. The van der Waals surface area contributed by atoms with Gasteiger partial charge in [-0.1, -0.05) is 12.1 Å². The Labute approximate surface area is 105 Å². The van der Waals surface area contributed by atoms with Crippen molar-refractivity contribution in [3.63, 3.8) is 0 Å². The monoisotopic (exact) mass is 274 g/mol. The van der Waals surface area contributed by atoms with E-state index in [0.717, 1.165) is 11.3 Å². The van der Waals surface area contributed by atoms with E-state index in [0.29, 0.717) is 5.39 Å². The zero-order valence-electron chi connectivity index (χ0n) is 9.59. The molecule has 0 aliphatic heterocycles. The van der Waals surface area contributed by atoms with Crippen LogP contribution >= 0.6 is 11.3 Å². The molecule has 1 aromatic carbocycles. The van der Waals surface area contributed by atoms with Gasteiger partial charge in [-0.3, -0.25) is 0 Å². The van der Waals surface area contributed by atoms with E-state index in [4.69, 9.17) is 0 Å². The molecule has 0 fully saturated rings. The maximum atomic E-state index is 13.0. The molecule has 96 valence electrons. The largest absolute Gasteiger partial charge is 0.465 e. The molecule has 0 aliphatic rings. The Morgan fingerprint density at radius 2 is 2.00 bits per heavy atom. The first-order valence-electron chi connectivity index (χ1n) is 5.03. The van der Waals surface area contributed by atoms with Crippen LogP contribution in [0, 0.1) is 6.92 Å². The molecular formula is C12H9F3O2S. The van der Waals surface area contributed by atoms with E-state index in [1.165, 1.54) is 26.2 Å². The van der Waals surface area contributed by atoms with Gasteiger partial charge >= 0.3 is 12.1 Å². The average molecular weight is 274 g/mol. The number of methoxy groups -OCH3 is 1. The fourth-order valence-electron chi connectivity index (χ4n) is 1.75. The van der Waals surface area contributed by atoms with E-state index in [-0.39, 0.29) is 15.1 Å². The standard InChI is InChI=1S/C12H9F3O2S/c1-6-3-4-7-5-8(11(16)17-2)18-10(7)9(6)12(13,14)15/h3-5H,1-2H3. The lowest BCUT2D eigenvalue weighted by molar-refractivity contribution is -0.136. The number of benzene rings is 1. The Hall–Kier alpha value is -1.56. The van der Waals surface area contributed by atoms with Crippen LogP contribution in [-0.2, 0) is 10.9 Å². The highest BCUT2D eigenvalue weighted by Crippen LogP contribution is 2.40. The number of thiophene rings is 1. The van der Waals surface area contributed by atoms with Crippen molar-refractivity contribution in [3.8, 4) is 0 Å². The molecule has 0 saturated heterocycles. The quantitative estimate of drug-likeness (QED) is 0.734. The highest BCUT2D eigenvalue weighted by Gasteiger charge is 2.35. The number of carbonyl (C=O) groups excluding carboxylic acids is 1. The molecular weight excluding hydrogens is 265 g/mol. The molecule has 2 rings (SSSR count). The zero-order chi connectivity index (χ0) is 13.5. The molecule has 0 N–H and O–H groups in total. The number of alkyl halides is 3. The Balaban J connectivity index is 2.73. The molecule has 0 unspecified atom stereocenters. The van der Waals surface area contributed by atoms with Gasteiger partial charge in [0.15, 0.2) is 0 Å². The van der Waals surface area contributed by atoms with Gasteiger partial charge in [-0.25, -0.2) is 4.79 Å². The molecule has 0 saturated carbocycles. The van der Waals surface area contributed by atoms with Gasteiger partial charge in [0.2, 0.25) is 0 Å². The number of ether oxygens (including phenoxy) is 1. The van der Waals surface area contributed by atoms with Crippen LogP contribution in [-0.4, -0.2) is 13.1 Å². The number of rotatable bonds is 1. The Kier molecular flexibility index (Phi) is 3.06. The normalized spacial score (nSPS) is 11.8. The number of aryl methyl sites for hydroxylation is 1. The summed E-state index contributed by atoms with van der Waals surface area (Å²) in [6.07, 6.45) is -4.43. The molecule has 18 heavy (non-hydrogen) atoms. The van der Waals surface area contributed by atoms with E-state index in [1.54, 1.807) is 6.07 Å². The topological polar surface area (TPSA) is 26.3 Å². The molecule has 0 radical (unpaired) electrons. The molecule has 2 aromatic rings. The summed E-state index contributed by atoms with van der Waals surface area (Å²) in [5.41, 5.74) is -0.534. The highest BCUT2D eigenvalue weighted by molar-refractivity contribution is 7.21. The van der Waals surface area contributed by atoms with Crippen molar-refractivity contribution in [1.29, 1.82) is 0 Å². The molecule has 0 bridgehead atoms. The van der Waals surface area contributed by atoms with Gasteiger partial charge in [0.05, 0.1) is 12.7 Å². The Morgan fingerprint density at radius 3 is 2.56 bits per heavy atom. The second kappa shape index (κ2) is 4.28. The van der Waals surface area contributed by atoms with Crippen LogP contribution in [0.3, 0.4) is 0 Å². The summed E-state index contributed by atoms with van der Waals surface area (Å²) in [4.78, 5) is 11.5. The predicted octanol–water partition coefficient (Wildman–Crippen LogP) is 4.02. The molecule has 2 nitrogen and oxygen atoms in total. The summed E-state index contributed by atoms with van der Waals surface area (Å²) in [5, 5.41) is 0.401. The van der Waals surface area contributed by atoms with Gasteiger partial charge < -0.3 is 4.74 Å². The van der Waals surface area contributed by atoms with E-state index in [2.05, 4.69) is 4.74 Å². The molecule has 1 heterocycles. The third-order valence-corrected chi connectivity index (χ3v) is 3.71. The number of carbonyl (C=O) groups is 1. The number of halogens is 3. The van der Waals surface area contributed by atoms with Gasteiger partial charge in [0.1, 0.15) is 4.88 Å². The second-order valence-corrected chi connectivity index (χ2v) is 4.83. The van der Waals surface area contributed by atoms with E-state index < -0.39 is 17.7 Å². The molecule has 6 heteroatoms. The van der Waals surface area contributed by atoms with Crippen molar-refractivity contribution in [2.75, 3.05) is 7.11 Å². The van der Waals surface area contributed by atoms with Crippen molar-refractivity contribution >= 4 is 27.4 Å². The van der Waals surface area contributed by atoms with Crippen LogP contribution in [0.2, 0.25) is 0 Å². The summed E-state index contributed by atoms with van der Waals surface area (Å²) in [7, 11) is 1.20. The lowest BCUT2D eigenvalue weighted by atomic mass is 10.1. The summed E-state index contributed by atoms with van der Waals surface area (Å²) in [6, 6.07) is 4.39. The summed E-state index contributed by atoms with van der Waals surface area (Å²) in [6.45, 7) is 1.40. The number of esters is 1. The number of hydrogen-bond acceptors (Lipinski definition) is 3. The Morgan fingerprint density at radius 1 is 1.33 bits per heavy atom. The van der Waals surface area contributed by atoms with E-state index >= 15 is 0 Å². The van der Waals surface area contributed by atoms with Crippen LogP contribution in [0.4, 0.5) is 13.2 Å². The van der Waals surface area contributed by atoms with Gasteiger partial charge in [-0.05, 0) is 23.9 Å². The fourth-order valence-corrected chi connectivity index (χ4v) is 2.95. The number of fused-ring (bicyclic) bond motifs is 1. The minimum atomic E-state index is -4.43. The van der Waals surface area contributed by atoms with Gasteiger partial charge in [0.25, 0.3) is 0 Å². The van der Waals surface area contributed by atoms with Crippen molar-refractivity contribution in [2.45, 2.75) is 13.1 Å². The molecule has 0 aliphatic carbocycles. The highest BCUT2D eigenvalue weighted by atomic mass is 32.1. The first kappa shape index (κ1) is 12.9. The van der Waals surface area contributed by atoms with Gasteiger partial charge in [-0.15, -0.1) is 11.3 Å². The lowest BCUT2D eigenvalue weighted by Gasteiger charge is -2.10. The molecule has 1 aromatic heterocycles. The Bertz CT molecular complexity index is 614. The predicted molar refractivity (Wildman–Crippen MR) is 62.9 cm³/mol. The second-order valence-electron chi connectivity index (χ2n) is 3.78. The SMILES string of the molecule is COC(=O)c1cc2ccc(C)c(C(F)(F)F)c2s1. The van der Waals surface area contributed by atoms with Crippen molar-refractivity contribution in [2.24, 2.45) is 0 Å². The molecule has 0 spiro atoms. The first-order chi connectivity index (χ1) is 8.34. The molecule has 0 amide bonds. The smallest absolute Gasteiger partial charge is 0.418 e. The van der Waals surface area contributed by atoms with Gasteiger partial charge in [0, 0.05) is 4.70 Å². The summed E-state index contributed by atoms with van der Waals surface area (Å²) in [5.74, 6) is -0.623. The summed E-state index contributed by atoms with van der Waals surface area (Å²) >= 11 is 0.803.